The average Bonchev–Trinajstić information content (AvgIpc) is 3.20. The fourth-order valence-corrected chi connectivity index (χ4v) is 2.71. The summed E-state index contributed by atoms with van der Waals surface area (Å²) in [6.45, 7) is 9.79. The third kappa shape index (κ3) is 4.46. The Hall–Kier alpha value is -0.610. The smallest absolute Gasteiger partial charge is 0.326 e. The number of rotatable bonds is 9. The van der Waals surface area contributed by atoms with Crippen molar-refractivity contribution < 1.29 is 9.53 Å². The standard InChI is InChI=1S/C15H30N2O2/c1-6-10-17(13-8-9-13)12(3)11-15(4,16-5)14(18)19-7-2/h12-13,16H,6-11H2,1-5H3. The Morgan fingerprint density at radius 2 is 2.11 bits per heavy atom. The summed E-state index contributed by atoms with van der Waals surface area (Å²) in [6.07, 6.45) is 4.56. The van der Waals surface area contributed by atoms with Gasteiger partial charge in [-0.25, -0.2) is 0 Å². The molecule has 0 saturated heterocycles. The molecule has 0 aromatic rings. The third-order valence-corrected chi connectivity index (χ3v) is 4.05. The van der Waals surface area contributed by atoms with Crippen LogP contribution in [0.15, 0.2) is 0 Å². The number of ether oxygens (including phenoxy) is 1. The second-order valence-electron chi connectivity index (χ2n) is 5.82. The van der Waals surface area contributed by atoms with Crippen LogP contribution in [-0.2, 0) is 9.53 Å². The van der Waals surface area contributed by atoms with Gasteiger partial charge in [-0.05, 0) is 60.0 Å². The van der Waals surface area contributed by atoms with Crippen molar-refractivity contribution in [3.63, 3.8) is 0 Å². The summed E-state index contributed by atoms with van der Waals surface area (Å²) in [6, 6.07) is 1.13. The van der Waals surface area contributed by atoms with Crippen molar-refractivity contribution in [2.45, 2.75) is 71.0 Å². The highest BCUT2D eigenvalue weighted by molar-refractivity contribution is 5.80. The first-order valence-corrected chi connectivity index (χ1v) is 7.60. The molecular formula is C15H30N2O2. The number of esters is 1. The lowest BCUT2D eigenvalue weighted by molar-refractivity contribution is -0.151. The van der Waals surface area contributed by atoms with Crippen LogP contribution in [0.1, 0.15) is 53.4 Å². The van der Waals surface area contributed by atoms with E-state index in [-0.39, 0.29) is 5.97 Å². The molecule has 112 valence electrons. The minimum absolute atomic E-state index is 0.142. The van der Waals surface area contributed by atoms with E-state index in [4.69, 9.17) is 4.74 Å². The summed E-state index contributed by atoms with van der Waals surface area (Å²) in [5.74, 6) is -0.142. The molecule has 0 aromatic carbocycles. The Kier molecular flexibility index (Phi) is 6.27. The average molecular weight is 270 g/mol. The zero-order valence-corrected chi connectivity index (χ0v) is 13.2. The fourth-order valence-electron chi connectivity index (χ4n) is 2.71. The van der Waals surface area contributed by atoms with E-state index in [9.17, 15) is 4.79 Å². The maximum absolute atomic E-state index is 12.1. The van der Waals surface area contributed by atoms with Crippen LogP contribution in [-0.4, -0.2) is 48.7 Å². The maximum Gasteiger partial charge on any atom is 0.326 e. The van der Waals surface area contributed by atoms with Crippen molar-refractivity contribution in [1.82, 2.24) is 10.2 Å². The summed E-state index contributed by atoms with van der Waals surface area (Å²) in [7, 11) is 1.84. The predicted molar refractivity (Wildman–Crippen MR) is 78.2 cm³/mol. The number of nitrogens with zero attached hydrogens (tertiary/aromatic N) is 1. The summed E-state index contributed by atoms with van der Waals surface area (Å²) < 4.78 is 5.19. The Morgan fingerprint density at radius 1 is 1.47 bits per heavy atom. The lowest BCUT2D eigenvalue weighted by Gasteiger charge is -2.35. The van der Waals surface area contributed by atoms with E-state index in [2.05, 4.69) is 24.1 Å². The quantitative estimate of drug-likeness (QED) is 0.652. The van der Waals surface area contributed by atoms with E-state index >= 15 is 0 Å². The van der Waals surface area contributed by atoms with Crippen LogP contribution < -0.4 is 5.32 Å². The molecule has 1 N–H and O–H groups in total. The van der Waals surface area contributed by atoms with Gasteiger partial charge in [-0.3, -0.25) is 9.69 Å². The van der Waals surface area contributed by atoms with E-state index in [1.807, 2.05) is 20.9 Å². The molecule has 1 fully saturated rings. The Morgan fingerprint density at radius 3 is 2.53 bits per heavy atom. The predicted octanol–water partition coefficient (Wildman–Crippen LogP) is 2.18. The molecule has 1 aliphatic rings. The van der Waals surface area contributed by atoms with Gasteiger partial charge >= 0.3 is 5.97 Å². The van der Waals surface area contributed by atoms with Crippen LogP contribution in [0.3, 0.4) is 0 Å². The number of hydrogen-bond donors (Lipinski definition) is 1. The molecule has 0 spiro atoms. The molecule has 0 aliphatic heterocycles. The Labute approximate surface area is 117 Å². The monoisotopic (exact) mass is 270 g/mol. The van der Waals surface area contributed by atoms with Gasteiger partial charge in [0, 0.05) is 12.1 Å². The SMILES string of the molecule is CCCN(C(C)CC(C)(NC)C(=O)OCC)C1CC1. The van der Waals surface area contributed by atoms with Crippen LogP contribution in [0.2, 0.25) is 0 Å². The van der Waals surface area contributed by atoms with Crippen LogP contribution in [0.25, 0.3) is 0 Å². The molecule has 1 saturated carbocycles. The summed E-state index contributed by atoms with van der Waals surface area (Å²) in [5, 5.41) is 3.15. The van der Waals surface area contributed by atoms with Crippen molar-refractivity contribution in [1.29, 1.82) is 0 Å². The van der Waals surface area contributed by atoms with Gasteiger partial charge in [0.15, 0.2) is 0 Å². The summed E-state index contributed by atoms with van der Waals surface area (Å²) >= 11 is 0. The molecule has 4 heteroatoms. The first-order valence-electron chi connectivity index (χ1n) is 7.60. The van der Waals surface area contributed by atoms with Crippen molar-refractivity contribution in [3.05, 3.63) is 0 Å². The van der Waals surface area contributed by atoms with E-state index in [0.29, 0.717) is 12.6 Å². The summed E-state index contributed by atoms with van der Waals surface area (Å²) in [5.41, 5.74) is -0.587. The molecule has 0 heterocycles. The molecular weight excluding hydrogens is 240 g/mol. The zero-order valence-electron chi connectivity index (χ0n) is 13.2. The lowest BCUT2D eigenvalue weighted by Crippen LogP contribution is -2.53. The molecule has 19 heavy (non-hydrogen) atoms. The molecule has 2 atom stereocenters. The van der Waals surface area contributed by atoms with Gasteiger partial charge in [0.1, 0.15) is 5.54 Å². The second kappa shape index (κ2) is 7.25. The van der Waals surface area contributed by atoms with Crippen molar-refractivity contribution in [2.24, 2.45) is 0 Å². The molecule has 0 amide bonds. The van der Waals surface area contributed by atoms with E-state index in [1.165, 1.54) is 12.8 Å². The minimum Gasteiger partial charge on any atom is -0.465 e. The Bertz CT molecular complexity index is 292. The molecule has 0 bridgehead atoms. The van der Waals surface area contributed by atoms with Crippen LogP contribution in [0.4, 0.5) is 0 Å². The third-order valence-electron chi connectivity index (χ3n) is 4.05. The number of likely N-dealkylation sites (N-methyl/N-ethyl adjacent to an activating group) is 1. The Balaban J connectivity index is 2.64. The van der Waals surface area contributed by atoms with Crippen molar-refractivity contribution in [2.75, 3.05) is 20.2 Å². The number of hydrogen-bond acceptors (Lipinski definition) is 4. The zero-order chi connectivity index (χ0) is 14.5. The molecule has 1 rings (SSSR count). The van der Waals surface area contributed by atoms with E-state index < -0.39 is 5.54 Å². The maximum atomic E-state index is 12.1. The van der Waals surface area contributed by atoms with Gasteiger partial charge in [0.05, 0.1) is 6.61 Å². The van der Waals surface area contributed by atoms with Gasteiger partial charge < -0.3 is 10.1 Å². The minimum atomic E-state index is -0.587. The molecule has 4 nitrogen and oxygen atoms in total. The number of carbonyl (C=O) groups excluding carboxylic acids is 1. The molecule has 0 aromatic heterocycles. The largest absolute Gasteiger partial charge is 0.465 e. The highest BCUT2D eigenvalue weighted by atomic mass is 16.5. The van der Waals surface area contributed by atoms with Gasteiger partial charge in [-0.1, -0.05) is 6.92 Å². The fraction of sp³-hybridized carbons (Fsp3) is 0.933. The van der Waals surface area contributed by atoms with Gasteiger partial charge in [0.2, 0.25) is 0 Å². The van der Waals surface area contributed by atoms with Gasteiger partial charge in [-0.15, -0.1) is 0 Å². The highest BCUT2D eigenvalue weighted by Gasteiger charge is 2.39. The van der Waals surface area contributed by atoms with Crippen LogP contribution in [0.5, 0.6) is 0 Å². The first kappa shape index (κ1) is 16.4. The van der Waals surface area contributed by atoms with Crippen LogP contribution in [0, 0.1) is 0 Å². The van der Waals surface area contributed by atoms with E-state index in [0.717, 1.165) is 25.4 Å². The van der Waals surface area contributed by atoms with Gasteiger partial charge in [0.25, 0.3) is 0 Å². The molecule has 2 unspecified atom stereocenters. The second-order valence-corrected chi connectivity index (χ2v) is 5.82. The molecule has 0 radical (unpaired) electrons. The van der Waals surface area contributed by atoms with Gasteiger partial charge in [-0.2, -0.15) is 0 Å². The summed E-state index contributed by atoms with van der Waals surface area (Å²) in [4.78, 5) is 14.6. The normalized spacial score (nSPS) is 20.1. The van der Waals surface area contributed by atoms with E-state index in [1.54, 1.807) is 0 Å². The van der Waals surface area contributed by atoms with Crippen molar-refractivity contribution in [3.8, 4) is 0 Å². The number of nitrogens with one attached hydrogen (secondary N) is 1. The topological polar surface area (TPSA) is 41.6 Å². The number of carbonyl (C=O) groups is 1. The lowest BCUT2D eigenvalue weighted by atomic mass is 9.93. The van der Waals surface area contributed by atoms with Crippen molar-refractivity contribution >= 4 is 5.97 Å². The molecule has 1 aliphatic carbocycles. The first-order chi connectivity index (χ1) is 8.98. The highest BCUT2D eigenvalue weighted by Crippen LogP contribution is 2.31. The van der Waals surface area contributed by atoms with Crippen LogP contribution >= 0.6 is 0 Å².